The third-order valence-electron chi connectivity index (χ3n) is 7.29. The molecule has 1 saturated heterocycles. The van der Waals surface area contributed by atoms with E-state index in [0.29, 0.717) is 0 Å². The van der Waals surface area contributed by atoms with Crippen molar-refractivity contribution in [3.8, 4) is 17.2 Å². The lowest BCUT2D eigenvalue weighted by molar-refractivity contribution is -0.176. The second-order valence-electron chi connectivity index (χ2n) is 11.0. The van der Waals surface area contributed by atoms with Crippen LogP contribution in [0, 0.1) is 11.8 Å². The quantitative estimate of drug-likeness (QED) is 0.243. The van der Waals surface area contributed by atoms with E-state index in [-0.39, 0.29) is 36.0 Å². The van der Waals surface area contributed by atoms with Gasteiger partial charge in [0.1, 0.15) is 25.2 Å². The molecule has 1 fully saturated rings. The van der Waals surface area contributed by atoms with Gasteiger partial charge in [-0.3, -0.25) is 14.4 Å². The van der Waals surface area contributed by atoms with Crippen LogP contribution in [0.15, 0.2) is 66.9 Å². The van der Waals surface area contributed by atoms with Gasteiger partial charge in [-0.1, -0.05) is 74.5 Å². The summed E-state index contributed by atoms with van der Waals surface area (Å²) in [6.07, 6.45) is -0.759. The van der Waals surface area contributed by atoms with Gasteiger partial charge in [0, 0.05) is 0 Å². The lowest BCUT2D eigenvalue weighted by Crippen LogP contribution is -2.47. The summed E-state index contributed by atoms with van der Waals surface area (Å²) < 4.78 is 33.8. The molecule has 1 N–H and O–H groups in total. The van der Waals surface area contributed by atoms with Gasteiger partial charge >= 0.3 is 17.9 Å². The first-order valence-corrected chi connectivity index (χ1v) is 14.8. The van der Waals surface area contributed by atoms with Crippen molar-refractivity contribution in [1.82, 2.24) is 10.3 Å². The predicted octanol–water partition coefficient (Wildman–Crippen LogP) is 3.69. The molecule has 12 heteroatoms. The molecule has 244 valence electrons. The molecule has 2 heterocycles. The smallest absolute Gasteiger partial charge is 0.332 e. The van der Waals surface area contributed by atoms with E-state index in [2.05, 4.69) is 10.3 Å². The van der Waals surface area contributed by atoms with Crippen LogP contribution < -0.4 is 19.5 Å². The maximum absolute atomic E-state index is 13.6. The molecule has 0 saturated carbocycles. The molecule has 1 amide bonds. The molecule has 12 nitrogen and oxygen atoms in total. The first kappa shape index (κ1) is 33.8. The van der Waals surface area contributed by atoms with E-state index in [1.54, 1.807) is 13.8 Å². The summed E-state index contributed by atoms with van der Waals surface area (Å²) in [6.45, 7) is 4.37. The predicted molar refractivity (Wildman–Crippen MR) is 164 cm³/mol. The number of nitrogens with zero attached hydrogens (tertiary/aromatic N) is 1. The molecule has 1 aromatic heterocycles. The maximum atomic E-state index is 13.6. The standard InChI is InChI=1S/C34H38N2O10/c1-20(2)32(38)46-28-21(3)45-34(40)25(19-44-33(39)24(28)16-22-12-8-6-9-13-22)36-31(37)27-30(29(42-5)26(41-4)17-35-27)43-18-23-14-10-7-11-15-23/h6-15,17,20-21,24-25,28H,16,18-19H2,1-5H3,(H,36,37)/t21-,24+,25-,28-/m0/s1. The number of cyclic esters (lactones) is 2. The van der Waals surface area contributed by atoms with E-state index in [1.165, 1.54) is 27.3 Å². The second-order valence-corrected chi connectivity index (χ2v) is 11.0. The molecule has 1 aliphatic heterocycles. The Morgan fingerprint density at radius 3 is 2.20 bits per heavy atom. The van der Waals surface area contributed by atoms with Gasteiger partial charge in [-0.15, -0.1) is 0 Å². The highest BCUT2D eigenvalue weighted by Gasteiger charge is 2.42. The number of methoxy groups -OCH3 is 2. The van der Waals surface area contributed by atoms with E-state index >= 15 is 0 Å². The molecule has 0 unspecified atom stereocenters. The summed E-state index contributed by atoms with van der Waals surface area (Å²) in [5.74, 6) is -4.17. The Morgan fingerprint density at radius 2 is 1.59 bits per heavy atom. The number of carbonyl (C=O) groups is 4. The Kier molecular flexibility index (Phi) is 11.5. The molecule has 2 aromatic carbocycles. The summed E-state index contributed by atoms with van der Waals surface area (Å²) in [5.41, 5.74) is 1.41. The number of carbonyl (C=O) groups excluding carboxylic acids is 4. The molecule has 0 bridgehead atoms. The van der Waals surface area contributed by atoms with E-state index in [9.17, 15) is 19.2 Å². The number of esters is 3. The van der Waals surface area contributed by atoms with Gasteiger partial charge < -0.3 is 33.7 Å². The van der Waals surface area contributed by atoms with Crippen LogP contribution in [0.5, 0.6) is 17.2 Å². The van der Waals surface area contributed by atoms with E-state index in [0.717, 1.165) is 11.1 Å². The maximum Gasteiger partial charge on any atom is 0.332 e. The first-order chi connectivity index (χ1) is 22.1. The number of hydrogen-bond donors (Lipinski definition) is 1. The Morgan fingerprint density at radius 1 is 0.935 bits per heavy atom. The number of nitrogens with one attached hydrogen (secondary N) is 1. The molecule has 46 heavy (non-hydrogen) atoms. The largest absolute Gasteiger partial charge is 0.491 e. The lowest BCUT2D eigenvalue weighted by Gasteiger charge is -2.29. The summed E-state index contributed by atoms with van der Waals surface area (Å²) in [7, 11) is 2.81. The highest BCUT2D eigenvalue weighted by atomic mass is 16.6. The zero-order valence-corrected chi connectivity index (χ0v) is 26.4. The van der Waals surface area contributed by atoms with Crippen LogP contribution in [0.4, 0.5) is 0 Å². The molecule has 1 aliphatic rings. The van der Waals surface area contributed by atoms with Crippen molar-refractivity contribution in [1.29, 1.82) is 0 Å². The average molecular weight is 635 g/mol. The van der Waals surface area contributed by atoms with Gasteiger partial charge in [-0.2, -0.15) is 0 Å². The van der Waals surface area contributed by atoms with Crippen molar-refractivity contribution in [2.75, 3.05) is 20.8 Å². The van der Waals surface area contributed by atoms with Crippen molar-refractivity contribution in [2.24, 2.45) is 11.8 Å². The van der Waals surface area contributed by atoms with Gasteiger partial charge in [-0.05, 0) is 24.5 Å². The SMILES string of the molecule is COc1cnc(C(=O)N[C@H]2COC(=O)[C@H](Cc3ccccc3)[C@@H](OC(=O)C(C)C)[C@H](C)OC2=O)c(OCc2ccccc2)c1OC. The minimum Gasteiger partial charge on any atom is -0.491 e. The molecule has 0 radical (unpaired) electrons. The molecule has 4 rings (SSSR count). The van der Waals surface area contributed by atoms with Gasteiger partial charge in [0.2, 0.25) is 5.75 Å². The van der Waals surface area contributed by atoms with E-state index in [4.69, 9.17) is 28.4 Å². The number of benzene rings is 2. The van der Waals surface area contributed by atoms with E-state index in [1.807, 2.05) is 60.7 Å². The number of aromatic nitrogens is 1. The lowest BCUT2D eigenvalue weighted by atomic mass is 9.91. The fourth-order valence-electron chi connectivity index (χ4n) is 4.80. The minimum atomic E-state index is -1.42. The van der Waals surface area contributed by atoms with Gasteiger partial charge in [-0.25, -0.2) is 9.78 Å². The monoisotopic (exact) mass is 634 g/mol. The number of amides is 1. The van der Waals surface area contributed by atoms with Crippen molar-refractivity contribution < 1.29 is 47.6 Å². The van der Waals surface area contributed by atoms with Crippen molar-refractivity contribution in [3.63, 3.8) is 0 Å². The summed E-state index contributed by atoms with van der Waals surface area (Å²) in [6, 6.07) is 17.0. The Labute approximate surface area is 267 Å². The van der Waals surface area contributed by atoms with E-state index < -0.39 is 60.5 Å². The van der Waals surface area contributed by atoms with Gasteiger partial charge in [0.05, 0.1) is 26.3 Å². The molecule has 0 spiro atoms. The van der Waals surface area contributed by atoms with Crippen LogP contribution >= 0.6 is 0 Å². The third kappa shape index (κ3) is 8.32. The molecular weight excluding hydrogens is 596 g/mol. The summed E-state index contributed by atoms with van der Waals surface area (Å²) >= 11 is 0. The van der Waals surface area contributed by atoms with Crippen LogP contribution in [-0.2, 0) is 41.6 Å². The van der Waals surface area contributed by atoms with Crippen LogP contribution in [-0.4, -0.2) is 67.9 Å². The topological polar surface area (TPSA) is 149 Å². The molecular formula is C34H38N2O10. The summed E-state index contributed by atoms with van der Waals surface area (Å²) in [5, 5.41) is 2.55. The van der Waals surface area contributed by atoms with Crippen LogP contribution in [0.1, 0.15) is 42.4 Å². The van der Waals surface area contributed by atoms with Crippen LogP contribution in [0.2, 0.25) is 0 Å². The zero-order valence-electron chi connectivity index (χ0n) is 26.4. The normalized spacial score (nSPS) is 19.9. The number of ether oxygens (including phenoxy) is 6. The van der Waals surface area contributed by atoms with Crippen LogP contribution in [0.3, 0.4) is 0 Å². The van der Waals surface area contributed by atoms with Gasteiger partial charge in [0.15, 0.2) is 29.3 Å². The number of hydrogen-bond acceptors (Lipinski definition) is 11. The second kappa shape index (κ2) is 15.7. The molecule has 3 aromatic rings. The van der Waals surface area contributed by atoms with Crippen molar-refractivity contribution in [3.05, 3.63) is 83.7 Å². The summed E-state index contributed by atoms with van der Waals surface area (Å²) in [4.78, 5) is 57.4. The molecule has 0 aliphatic carbocycles. The minimum absolute atomic E-state index is 0.0198. The Balaban J connectivity index is 1.61. The number of pyridine rings is 1. The van der Waals surface area contributed by atoms with Gasteiger partial charge in [0.25, 0.3) is 5.91 Å². The zero-order chi connectivity index (χ0) is 33.2. The van der Waals surface area contributed by atoms with Crippen LogP contribution in [0.25, 0.3) is 0 Å². The third-order valence-corrected chi connectivity index (χ3v) is 7.29. The fourth-order valence-corrected chi connectivity index (χ4v) is 4.80. The Hall–Kier alpha value is -5.13. The Bertz CT molecular complexity index is 1510. The highest BCUT2D eigenvalue weighted by molar-refractivity contribution is 5.98. The fraction of sp³-hybridized carbons (Fsp3) is 0.382. The average Bonchev–Trinajstić information content (AvgIpc) is 3.09. The van der Waals surface area contributed by atoms with Crippen molar-refractivity contribution >= 4 is 23.8 Å². The molecule has 4 atom stereocenters. The highest BCUT2D eigenvalue weighted by Crippen LogP contribution is 2.39. The van der Waals surface area contributed by atoms with Crippen molar-refractivity contribution in [2.45, 2.75) is 52.0 Å². The number of rotatable bonds is 11. The first-order valence-electron chi connectivity index (χ1n) is 14.8.